The van der Waals surface area contributed by atoms with Crippen LogP contribution in [0.4, 0.5) is 17.1 Å². The summed E-state index contributed by atoms with van der Waals surface area (Å²) in [6.45, 7) is 0. The molecule has 2 nitrogen and oxygen atoms in total. The first kappa shape index (κ1) is 36.8. The molecule has 0 amide bonds. The van der Waals surface area contributed by atoms with Crippen molar-refractivity contribution in [1.82, 2.24) is 4.40 Å². The van der Waals surface area contributed by atoms with Crippen molar-refractivity contribution >= 4 is 84.0 Å². The fourth-order valence-electron chi connectivity index (χ4n) is 10.2. The molecule has 0 aliphatic carbocycles. The minimum atomic E-state index is -2.68. The van der Waals surface area contributed by atoms with Gasteiger partial charge in [0.25, 0.3) is 0 Å². The number of hydrogen-bond acceptors (Lipinski definition) is 1. The zero-order chi connectivity index (χ0) is 41.7. The van der Waals surface area contributed by atoms with E-state index in [1.807, 2.05) is 0 Å². The molecule has 0 bridgehead atoms. The average Bonchev–Trinajstić information content (AvgIpc) is 3.89. The number of nitrogens with zero attached hydrogens (tertiary/aromatic N) is 2. The lowest BCUT2D eigenvalue weighted by atomic mass is 10.0. The molecule has 0 aliphatic rings. The highest BCUT2D eigenvalue weighted by Crippen LogP contribution is 2.41. The van der Waals surface area contributed by atoms with Crippen LogP contribution < -0.4 is 25.6 Å². The molecule has 0 radical (unpaired) electrons. The molecule has 0 fully saturated rings. The Balaban J connectivity index is 0.980. The maximum Gasteiger partial charge on any atom is 0.179 e. The van der Waals surface area contributed by atoms with Crippen molar-refractivity contribution in [3.8, 4) is 22.3 Å². The predicted octanol–water partition coefficient (Wildman–Crippen LogP) is 13.0. The second-order valence-electron chi connectivity index (χ2n) is 16.5. The van der Waals surface area contributed by atoms with E-state index in [2.05, 4.69) is 264 Å². The molecule has 2 heterocycles. The minimum Gasteiger partial charge on any atom is -0.311 e. The Morgan fingerprint density at radius 2 is 0.651 bits per heavy atom. The number of rotatable bonds is 9. The van der Waals surface area contributed by atoms with Crippen molar-refractivity contribution in [3.05, 3.63) is 255 Å². The van der Waals surface area contributed by atoms with Crippen LogP contribution in [0, 0.1) is 0 Å². The number of hydrogen-bond donors (Lipinski definition) is 0. The SMILES string of the molecule is c1ccc(-c2ccc(N(c3ccc(-c4ccc5c6cccc7c8ccccc8n(c5c4)c76)cc3)c3ccc([Si](c4ccccc4)(c4ccccc4)c4ccccc4)cc3)cc2)cc1. The van der Waals surface area contributed by atoms with Gasteiger partial charge >= 0.3 is 0 Å². The van der Waals surface area contributed by atoms with E-state index in [1.165, 1.54) is 81.1 Å². The van der Waals surface area contributed by atoms with Crippen LogP contribution in [0.5, 0.6) is 0 Å². The summed E-state index contributed by atoms with van der Waals surface area (Å²) in [6, 6.07) is 94.0. The Kier molecular flexibility index (Phi) is 8.87. The lowest BCUT2D eigenvalue weighted by Crippen LogP contribution is -2.74. The van der Waals surface area contributed by atoms with E-state index in [1.54, 1.807) is 0 Å². The van der Waals surface area contributed by atoms with Gasteiger partial charge in [-0.25, -0.2) is 0 Å². The van der Waals surface area contributed by atoms with Crippen molar-refractivity contribution in [2.75, 3.05) is 4.90 Å². The van der Waals surface area contributed by atoms with Gasteiger partial charge in [-0.05, 0) is 91.5 Å². The van der Waals surface area contributed by atoms with Gasteiger partial charge < -0.3 is 9.30 Å². The summed E-state index contributed by atoms with van der Waals surface area (Å²) in [5.41, 5.74) is 11.9. The molecule has 0 unspecified atom stereocenters. The van der Waals surface area contributed by atoms with Crippen LogP contribution in [0.3, 0.4) is 0 Å². The van der Waals surface area contributed by atoms with Gasteiger partial charge in [0.15, 0.2) is 8.07 Å². The van der Waals surface area contributed by atoms with Crippen LogP contribution in [0.1, 0.15) is 0 Å². The monoisotopic (exact) mass is 818 g/mol. The summed E-state index contributed by atoms with van der Waals surface area (Å²) in [5, 5.41) is 10.6. The summed E-state index contributed by atoms with van der Waals surface area (Å²) in [4.78, 5) is 2.39. The van der Waals surface area contributed by atoms with Gasteiger partial charge in [0.2, 0.25) is 0 Å². The number of anilines is 3. The minimum absolute atomic E-state index is 1.10. The molecule has 0 saturated carbocycles. The Labute approximate surface area is 368 Å². The zero-order valence-corrected chi connectivity index (χ0v) is 35.6. The maximum absolute atomic E-state index is 2.68. The molecule has 10 aromatic carbocycles. The summed E-state index contributed by atoms with van der Waals surface area (Å²) < 4.78 is 2.46. The van der Waals surface area contributed by atoms with Crippen molar-refractivity contribution in [2.24, 2.45) is 0 Å². The molecule has 12 rings (SSSR count). The fourth-order valence-corrected chi connectivity index (χ4v) is 15.0. The highest BCUT2D eigenvalue weighted by molar-refractivity contribution is 7.19. The second-order valence-corrected chi connectivity index (χ2v) is 20.3. The van der Waals surface area contributed by atoms with Crippen LogP contribution in [0.2, 0.25) is 0 Å². The van der Waals surface area contributed by atoms with E-state index < -0.39 is 8.07 Å². The highest BCUT2D eigenvalue weighted by Gasteiger charge is 2.41. The molecule has 0 saturated heterocycles. The van der Waals surface area contributed by atoms with Gasteiger partial charge in [-0.15, -0.1) is 0 Å². The van der Waals surface area contributed by atoms with Crippen molar-refractivity contribution < 1.29 is 0 Å². The maximum atomic E-state index is 2.46. The van der Waals surface area contributed by atoms with Gasteiger partial charge in [0.1, 0.15) is 0 Å². The van der Waals surface area contributed by atoms with Crippen LogP contribution in [0.15, 0.2) is 255 Å². The van der Waals surface area contributed by atoms with Crippen LogP contribution in [0.25, 0.3) is 60.3 Å². The summed E-state index contributed by atoms with van der Waals surface area (Å²) >= 11 is 0. The Bertz CT molecular complexity index is 3410. The van der Waals surface area contributed by atoms with E-state index >= 15 is 0 Å². The Morgan fingerprint density at radius 3 is 1.19 bits per heavy atom. The second kappa shape index (κ2) is 15.2. The molecule has 3 heteroatoms. The lowest BCUT2D eigenvalue weighted by Gasteiger charge is -2.35. The standard InChI is InChI=1S/C60H42N2Si/c1-5-16-43(17-6-1)44-28-33-47(34-29-44)61(49-37-39-53(40-38-49)63(50-18-7-2-8-19-50,51-20-9-3-10-21-51)52-22-11-4-12-23-52)48-35-30-45(31-36-48)46-32-41-55-57-26-15-25-56-54-24-13-14-27-58(54)62(60(56)57)59(55)42-46/h1-42H. The van der Waals surface area contributed by atoms with Crippen LogP contribution in [-0.2, 0) is 0 Å². The molecule has 0 spiro atoms. The largest absolute Gasteiger partial charge is 0.311 e. The predicted molar refractivity (Wildman–Crippen MR) is 270 cm³/mol. The van der Waals surface area contributed by atoms with Crippen molar-refractivity contribution in [2.45, 2.75) is 0 Å². The molecule has 0 N–H and O–H groups in total. The van der Waals surface area contributed by atoms with E-state index in [4.69, 9.17) is 0 Å². The summed E-state index contributed by atoms with van der Waals surface area (Å²) in [6.07, 6.45) is 0. The van der Waals surface area contributed by atoms with Crippen molar-refractivity contribution in [1.29, 1.82) is 0 Å². The van der Waals surface area contributed by atoms with E-state index in [0.29, 0.717) is 0 Å². The molecule has 12 aromatic rings. The van der Waals surface area contributed by atoms with Gasteiger partial charge in [-0.3, -0.25) is 0 Å². The first-order chi connectivity index (χ1) is 31.3. The zero-order valence-electron chi connectivity index (χ0n) is 34.6. The lowest BCUT2D eigenvalue weighted by molar-refractivity contribution is 1.28. The third kappa shape index (κ3) is 6.00. The number of aromatic nitrogens is 1. The molecule has 0 atom stereocenters. The number of para-hydroxylation sites is 2. The first-order valence-corrected chi connectivity index (χ1v) is 23.8. The number of fused-ring (bicyclic) bond motifs is 6. The van der Waals surface area contributed by atoms with Gasteiger partial charge in [0, 0.05) is 38.6 Å². The fraction of sp³-hybridized carbons (Fsp3) is 0. The molecule has 296 valence electrons. The highest BCUT2D eigenvalue weighted by atomic mass is 28.3. The Hall–Kier alpha value is -7.98. The molecule has 2 aromatic heterocycles. The smallest absolute Gasteiger partial charge is 0.179 e. The van der Waals surface area contributed by atoms with E-state index in [0.717, 1.165) is 17.1 Å². The molecular weight excluding hydrogens is 777 g/mol. The molecule has 0 aliphatic heterocycles. The van der Waals surface area contributed by atoms with Gasteiger partial charge in [-0.1, -0.05) is 206 Å². The third-order valence-corrected chi connectivity index (χ3v) is 17.9. The number of benzene rings is 10. The summed E-state index contributed by atoms with van der Waals surface area (Å²) in [5.74, 6) is 0. The first-order valence-electron chi connectivity index (χ1n) is 21.8. The topological polar surface area (TPSA) is 7.65 Å². The summed E-state index contributed by atoms with van der Waals surface area (Å²) in [7, 11) is -2.68. The average molecular weight is 819 g/mol. The quantitative estimate of drug-likeness (QED) is 0.104. The van der Waals surface area contributed by atoms with Gasteiger partial charge in [0.05, 0.1) is 16.6 Å². The van der Waals surface area contributed by atoms with E-state index in [9.17, 15) is 0 Å². The van der Waals surface area contributed by atoms with Crippen LogP contribution in [-0.4, -0.2) is 12.5 Å². The van der Waals surface area contributed by atoms with Gasteiger partial charge in [-0.2, -0.15) is 0 Å². The Morgan fingerprint density at radius 1 is 0.270 bits per heavy atom. The van der Waals surface area contributed by atoms with Crippen LogP contribution >= 0.6 is 0 Å². The normalized spacial score (nSPS) is 11.8. The van der Waals surface area contributed by atoms with Crippen molar-refractivity contribution in [3.63, 3.8) is 0 Å². The molecular formula is C60H42N2Si. The molecule has 63 heavy (non-hydrogen) atoms. The third-order valence-electron chi connectivity index (χ3n) is 13.1. The van der Waals surface area contributed by atoms with E-state index in [-0.39, 0.29) is 0 Å².